The number of benzene rings is 1. The van der Waals surface area contributed by atoms with Crippen molar-refractivity contribution in [3.8, 4) is 11.8 Å². The quantitative estimate of drug-likeness (QED) is 0.505. The normalized spacial score (nSPS) is 18.9. The smallest absolute Gasteiger partial charge is 0.383 e. The van der Waals surface area contributed by atoms with Crippen molar-refractivity contribution in [2.75, 3.05) is 12.3 Å². The van der Waals surface area contributed by atoms with Crippen molar-refractivity contribution < 1.29 is 18.0 Å². The van der Waals surface area contributed by atoms with Crippen molar-refractivity contribution in [1.29, 1.82) is 0 Å². The molecule has 36 heavy (non-hydrogen) atoms. The summed E-state index contributed by atoms with van der Waals surface area (Å²) in [5.41, 5.74) is 6.67. The number of hydrogen-bond acceptors (Lipinski definition) is 5. The van der Waals surface area contributed by atoms with E-state index in [2.05, 4.69) is 38.9 Å². The Balaban J connectivity index is 1.87. The average Bonchev–Trinajstić information content (AvgIpc) is 3.35. The Hall–Kier alpha value is -4.00. The number of carbonyl (C=O) groups is 1. The first kappa shape index (κ1) is 25.1. The molecule has 1 aliphatic rings. The van der Waals surface area contributed by atoms with Crippen LogP contribution in [0.3, 0.4) is 0 Å². The summed E-state index contributed by atoms with van der Waals surface area (Å²) in [5.74, 6) is 4.80. The zero-order valence-electron chi connectivity index (χ0n) is 20.2. The molecule has 1 fully saturated rings. The lowest BCUT2D eigenvalue weighted by molar-refractivity contribution is -0.155. The van der Waals surface area contributed by atoms with Crippen LogP contribution in [0.2, 0.25) is 0 Å². The zero-order chi connectivity index (χ0) is 26.0. The van der Waals surface area contributed by atoms with Crippen LogP contribution in [0.5, 0.6) is 0 Å². The fourth-order valence-electron chi connectivity index (χ4n) is 4.79. The summed E-state index contributed by atoms with van der Waals surface area (Å²) in [6.45, 7) is 6.24. The Morgan fingerprint density at radius 3 is 2.64 bits per heavy atom. The van der Waals surface area contributed by atoms with E-state index in [1.54, 1.807) is 13.0 Å². The highest BCUT2D eigenvalue weighted by atomic mass is 19.4. The SMILES string of the molecule is CC#Cc1c(C(=O)N[C@@H](c2ccccc2)C(F)(F)F)c2c(N)ncnc2n1[C@@H]1C[C@H](C)N(C=CC)C1. The molecule has 3 aromatic rings. The molecule has 1 aromatic carbocycles. The second-order valence-corrected chi connectivity index (χ2v) is 8.70. The number of anilines is 1. The topological polar surface area (TPSA) is 89.1 Å². The molecule has 2 aromatic heterocycles. The molecule has 188 valence electrons. The third-order valence-corrected chi connectivity index (χ3v) is 6.33. The van der Waals surface area contributed by atoms with E-state index in [0.717, 1.165) is 6.42 Å². The Morgan fingerprint density at radius 1 is 1.28 bits per heavy atom. The minimum absolute atomic E-state index is 0.00248. The Kier molecular flexibility index (Phi) is 6.93. The van der Waals surface area contributed by atoms with Crippen molar-refractivity contribution in [1.82, 2.24) is 24.8 Å². The van der Waals surface area contributed by atoms with E-state index in [0.29, 0.717) is 12.2 Å². The lowest BCUT2D eigenvalue weighted by Crippen LogP contribution is -2.38. The lowest BCUT2D eigenvalue weighted by atomic mass is 10.0. The number of amides is 1. The van der Waals surface area contributed by atoms with Crippen LogP contribution in [0, 0.1) is 11.8 Å². The van der Waals surface area contributed by atoms with Crippen molar-refractivity contribution in [3.63, 3.8) is 0 Å². The number of alkyl halides is 3. The third kappa shape index (κ3) is 4.61. The van der Waals surface area contributed by atoms with Gasteiger partial charge in [0.2, 0.25) is 0 Å². The van der Waals surface area contributed by atoms with Crippen LogP contribution in [0.25, 0.3) is 11.0 Å². The van der Waals surface area contributed by atoms with Gasteiger partial charge in [0, 0.05) is 12.6 Å². The molecule has 0 spiro atoms. The maximum absolute atomic E-state index is 14.0. The molecule has 0 saturated carbocycles. The maximum atomic E-state index is 14.0. The van der Waals surface area contributed by atoms with Gasteiger partial charge in [0.15, 0.2) is 6.04 Å². The molecule has 4 rings (SSSR count). The highest BCUT2D eigenvalue weighted by Crippen LogP contribution is 2.38. The fourth-order valence-corrected chi connectivity index (χ4v) is 4.79. The zero-order valence-corrected chi connectivity index (χ0v) is 20.2. The Bertz CT molecular complexity index is 1350. The van der Waals surface area contributed by atoms with Gasteiger partial charge in [-0.05, 0) is 44.9 Å². The summed E-state index contributed by atoms with van der Waals surface area (Å²) >= 11 is 0. The first-order valence-corrected chi connectivity index (χ1v) is 11.6. The van der Waals surface area contributed by atoms with Gasteiger partial charge < -0.3 is 20.5 Å². The van der Waals surface area contributed by atoms with Gasteiger partial charge in [-0.2, -0.15) is 13.2 Å². The van der Waals surface area contributed by atoms with E-state index in [4.69, 9.17) is 5.73 Å². The van der Waals surface area contributed by atoms with Gasteiger partial charge in [-0.1, -0.05) is 42.3 Å². The predicted octanol–water partition coefficient (Wildman–Crippen LogP) is 4.59. The Morgan fingerprint density at radius 2 is 2.00 bits per heavy atom. The van der Waals surface area contributed by atoms with E-state index < -0.39 is 18.1 Å². The molecule has 1 aliphatic heterocycles. The highest BCUT2D eigenvalue weighted by Gasteiger charge is 2.43. The predicted molar refractivity (Wildman–Crippen MR) is 132 cm³/mol. The van der Waals surface area contributed by atoms with E-state index in [-0.39, 0.29) is 40.1 Å². The number of nitrogen functional groups attached to an aromatic ring is 1. The second kappa shape index (κ2) is 9.93. The van der Waals surface area contributed by atoms with Crippen molar-refractivity contribution in [3.05, 3.63) is 65.8 Å². The number of aromatic nitrogens is 3. The number of likely N-dealkylation sites (tertiary alicyclic amines) is 1. The lowest BCUT2D eigenvalue weighted by Gasteiger charge is -2.22. The molecule has 0 bridgehead atoms. The first-order chi connectivity index (χ1) is 17.2. The molecule has 1 amide bonds. The third-order valence-electron chi connectivity index (χ3n) is 6.33. The summed E-state index contributed by atoms with van der Waals surface area (Å²) in [6, 6.07) is 5.10. The minimum atomic E-state index is -4.72. The van der Waals surface area contributed by atoms with Gasteiger partial charge in [0.1, 0.15) is 23.5 Å². The van der Waals surface area contributed by atoms with Gasteiger partial charge in [0.05, 0.1) is 17.0 Å². The van der Waals surface area contributed by atoms with Crippen LogP contribution in [0.15, 0.2) is 48.9 Å². The van der Waals surface area contributed by atoms with Crippen LogP contribution in [0.4, 0.5) is 19.0 Å². The summed E-state index contributed by atoms with van der Waals surface area (Å²) in [7, 11) is 0. The number of rotatable bonds is 5. The number of nitrogens with zero attached hydrogens (tertiary/aromatic N) is 4. The minimum Gasteiger partial charge on any atom is -0.383 e. The number of fused-ring (bicyclic) bond motifs is 1. The van der Waals surface area contributed by atoms with E-state index in [9.17, 15) is 18.0 Å². The standard InChI is InChI=1S/C26H27F3N6O/c1-4-9-19-20(25(36)33-22(26(27,28)29)17-10-7-6-8-11-17)21-23(30)31-15-32-24(21)35(19)18-13-16(3)34(14-18)12-5-2/h5-8,10-12,15-16,18,22H,13-14H2,1-3H3,(H,33,36)(H2,30,31,32)/t16-,18+,22-/m0/s1. The van der Waals surface area contributed by atoms with Gasteiger partial charge in [0.25, 0.3) is 5.91 Å². The fraction of sp³-hybridized carbons (Fsp3) is 0.346. The molecule has 7 nitrogen and oxygen atoms in total. The Labute approximate surface area is 207 Å². The van der Waals surface area contributed by atoms with Crippen LogP contribution in [-0.2, 0) is 0 Å². The first-order valence-electron chi connectivity index (χ1n) is 11.6. The van der Waals surface area contributed by atoms with Gasteiger partial charge in [-0.25, -0.2) is 9.97 Å². The molecule has 0 aliphatic carbocycles. The number of nitrogens with one attached hydrogen (secondary N) is 1. The summed E-state index contributed by atoms with van der Waals surface area (Å²) < 4.78 is 43.9. The molecular weight excluding hydrogens is 469 g/mol. The monoisotopic (exact) mass is 496 g/mol. The molecule has 3 N–H and O–H groups in total. The largest absolute Gasteiger partial charge is 0.412 e. The number of hydrogen-bond donors (Lipinski definition) is 2. The van der Waals surface area contributed by atoms with E-state index in [1.807, 2.05) is 23.8 Å². The second-order valence-electron chi connectivity index (χ2n) is 8.70. The van der Waals surface area contributed by atoms with Crippen molar-refractivity contribution >= 4 is 22.8 Å². The van der Waals surface area contributed by atoms with E-state index in [1.165, 1.54) is 30.6 Å². The van der Waals surface area contributed by atoms with Crippen LogP contribution < -0.4 is 11.1 Å². The van der Waals surface area contributed by atoms with Crippen molar-refractivity contribution in [2.45, 2.75) is 51.5 Å². The molecular formula is C26H27F3N6O. The molecule has 0 radical (unpaired) electrons. The number of allylic oxidation sites excluding steroid dienone is 1. The summed E-state index contributed by atoms with van der Waals surface area (Å²) in [5, 5.41) is 2.37. The van der Waals surface area contributed by atoms with Crippen LogP contribution in [0.1, 0.15) is 60.9 Å². The molecule has 3 heterocycles. The number of carbonyl (C=O) groups excluding carboxylic acids is 1. The van der Waals surface area contributed by atoms with Crippen LogP contribution in [-0.4, -0.2) is 44.1 Å². The van der Waals surface area contributed by atoms with Gasteiger partial charge in [-0.15, -0.1) is 0 Å². The average molecular weight is 497 g/mol. The van der Waals surface area contributed by atoms with Crippen LogP contribution >= 0.6 is 0 Å². The number of nitrogens with two attached hydrogens (primary N) is 1. The number of halogens is 3. The highest BCUT2D eigenvalue weighted by molar-refractivity contribution is 6.12. The maximum Gasteiger partial charge on any atom is 0.412 e. The van der Waals surface area contributed by atoms with Gasteiger partial charge >= 0.3 is 6.18 Å². The molecule has 3 atom stereocenters. The molecule has 1 saturated heterocycles. The molecule has 0 unspecified atom stereocenters. The summed E-state index contributed by atoms with van der Waals surface area (Å²) in [6.07, 6.45) is 1.23. The van der Waals surface area contributed by atoms with E-state index >= 15 is 0 Å². The van der Waals surface area contributed by atoms with Crippen molar-refractivity contribution in [2.24, 2.45) is 0 Å². The molecule has 10 heteroatoms. The summed E-state index contributed by atoms with van der Waals surface area (Å²) in [4.78, 5) is 24.1. The van der Waals surface area contributed by atoms with Gasteiger partial charge in [-0.3, -0.25) is 4.79 Å².